The van der Waals surface area contributed by atoms with Gasteiger partial charge in [-0.15, -0.1) is 0 Å². The number of halogens is 1. The maximum absolute atomic E-state index is 11.8. The van der Waals surface area contributed by atoms with Crippen LogP contribution in [0.15, 0.2) is 24.3 Å². The predicted octanol–water partition coefficient (Wildman–Crippen LogP) is 2.74. The van der Waals surface area contributed by atoms with Crippen molar-refractivity contribution in [3.05, 3.63) is 34.9 Å². The highest BCUT2D eigenvalue weighted by molar-refractivity contribution is 6.30. The summed E-state index contributed by atoms with van der Waals surface area (Å²) >= 11 is 5.96. The molecule has 5 nitrogen and oxygen atoms in total. The topological polar surface area (TPSA) is 70.6 Å². The highest BCUT2D eigenvalue weighted by Gasteiger charge is 2.18. The Kier molecular flexibility index (Phi) is 7.65. The van der Waals surface area contributed by atoms with Gasteiger partial charge in [0.1, 0.15) is 0 Å². The van der Waals surface area contributed by atoms with E-state index in [9.17, 15) is 4.79 Å². The lowest BCUT2D eigenvalue weighted by Gasteiger charge is -2.24. The van der Waals surface area contributed by atoms with Crippen molar-refractivity contribution >= 4 is 17.6 Å². The molecule has 1 aromatic carbocycles. The fourth-order valence-corrected chi connectivity index (χ4v) is 2.20. The number of amides is 2. The molecule has 0 spiro atoms. The van der Waals surface area contributed by atoms with E-state index in [0.717, 1.165) is 5.56 Å². The van der Waals surface area contributed by atoms with E-state index in [1.54, 1.807) is 13.2 Å². The average molecular weight is 329 g/mol. The van der Waals surface area contributed by atoms with Crippen LogP contribution >= 0.6 is 11.6 Å². The molecule has 0 saturated carbocycles. The van der Waals surface area contributed by atoms with Gasteiger partial charge in [-0.05, 0) is 29.5 Å². The molecule has 3 N–H and O–H groups in total. The maximum atomic E-state index is 11.8. The first-order valence-corrected chi connectivity index (χ1v) is 7.66. The second-order valence-electron chi connectivity index (χ2n) is 5.98. The molecular formula is C16H25ClN2O3. The number of ether oxygens (including phenoxy) is 1. The molecule has 1 unspecified atom stereocenters. The number of carbonyl (C=O) groups excluding carboxylic acids is 1. The van der Waals surface area contributed by atoms with Crippen LogP contribution in [0.3, 0.4) is 0 Å². The van der Waals surface area contributed by atoms with E-state index in [4.69, 9.17) is 21.4 Å². The van der Waals surface area contributed by atoms with Crippen molar-refractivity contribution in [2.24, 2.45) is 5.41 Å². The van der Waals surface area contributed by atoms with Crippen LogP contribution in [0.1, 0.15) is 31.9 Å². The number of rotatable bonds is 8. The van der Waals surface area contributed by atoms with Gasteiger partial charge >= 0.3 is 6.03 Å². The first-order valence-electron chi connectivity index (χ1n) is 7.29. The summed E-state index contributed by atoms with van der Waals surface area (Å²) in [5, 5.41) is 15.2. The monoisotopic (exact) mass is 328 g/mol. The highest BCUT2D eigenvalue weighted by Crippen LogP contribution is 2.20. The first-order chi connectivity index (χ1) is 10.4. The standard InChI is InChI=1S/C16H25ClN2O3/c1-16(2,7-8-20)11-19-15(21)18-10-14(22-3)12-5-4-6-13(17)9-12/h4-6,9,14,20H,7-8,10-11H2,1-3H3,(H2,18,19,21). The highest BCUT2D eigenvalue weighted by atomic mass is 35.5. The van der Waals surface area contributed by atoms with Gasteiger partial charge in [-0.1, -0.05) is 37.6 Å². The molecule has 0 aliphatic rings. The molecule has 1 rings (SSSR count). The molecule has 0 radical (unpaired) electrons. The molecule has 124 valence electrons. The van der Waals surface area contributed by atoms with Crippen molar-refractivity contribution in [1.29, 1.82) is 0 Å². The van der Waals surface area contributed by atoms with Gasteiger partial charge < -0.3 is 20.5 Å². The number of aliphatic hydroxyl groups excluding tert-OH is 1. The molecule has 6 heteroatoms. The summed E-state index contributed by atoms with van der Waals surface area (Å²) in [6, 6.07) is 7.11. The Labute approximate surface area is 137 Å². The molecule has 0 bridgehead atoms. The first kappa shape index (κ1) is 18.7. The molecule has 0 saturated heterocycles. The zero-order valence-electron chi connectivity index (χ0n) is 13.4. The third-order valence-electron chi connectivity index (χ3n) is 3.47. The summed E-state index contributed by atoms with van der Waals surface area (Å²) in [4.78, 5) is 11.8. The smallest absolute Gasteiger partial charge is 0.314 e. The lowest BCUT2D eigenvalue weighted by Crippen LogP contribution is -2.42. The summed E-state index contributed by atoms with van der Waals surface area (Å²) in [6.07, 6.45) is 0.381. The second kappa shape index (κ2) is 8.98. The van der Waals surface area contributed by atoms with E-state index in [1.807, 2.05) is 32.0 Å². The van der Waals surface area contributed by atoms with Crippen LogP contribution in [-0.2, 0) is 4.74 Å². The minimum Gasteiger partial charge on any atom is -0.396 e. The molecule has 1 aromatic rings. The zero-order valence-corrected chi connectivity index (χ0v) is 14.1. The lowest BCUT2D eigenvalue weighted by molar-refractivity contribution is 0.104. The molecule has 0 aliphatic carbocycles. The number of hydrogen-bond donors (Lipinski definition) is 3. The second-order valence-corrected chi connectivity index (χ2v) is 6.42. The van der Waals surface area contributed by atoms with Gasteiger partial charge in [0.05, 0.1) is 6.10 Å². The molecule has 0 fully saturated rings. The Balaban J connectivity index is 2.45. The van der Waals surface area contributed by atoms with Crippen LogP contribution in [0.4, 0.5) is 4.79 Å². The largest absolute Gasteiger partial charge is 0.396 e. The molecule has 2 amide bonds. The zero-order chi connectivity index (χ0) is 16.6. The summed E-state index contributed by atoms with van der Waals surface area (Å²) in [6.45, 7) is 4.94. The minimum absolute atomic E-state index is 0.108. The van der Waals surface area contributed by atoms with Crippen LogP contribution in [0.5, 0.6) is 0 Å². The van der Waals surface area contributed by atoms with Crippen molar-refractivity contribution < 1.29 is 14.6 Å². The Morgan fingerprint density at radius 2 is 2.14 bits per heavy atom. The van der Waals surface area contributed by atoms with Crippen LogP contribution in [0.2, 0.25) is 5.02 Å². The number of carbonyl (C=O) groups is 1. The fraction of sp³-hybridized carbons (Fsp3) is 0.562. The van der Waals surface area contributed by atoms with Gasteiger partial charge in [0.15, 0.2) is 0 Å². The number of methoxy groups -OCH3 is 1. The number of hydrogen-bond acceptors (Lipinski definition) is 3. The third-order valence-corrected chi connectivity index (χ3v) is 3.70. The molecule has 0 aliphatic heterocycles. The summed E-state index contributed by atoms with van der Waals surface area (Å²) < 4.78 is 5.39. The van der Waals surface area contributed by atoms with E-state index in [0.29, 0.717) is 24.5 Å². The molecule has 1 atom stereocenters. The van der Waals surface area contributed by atoms with E-state index >= 15 is 0 Å². The van der Waals surface area contributed by atoms with E-state index in [-0.39, 0.29) is 24.2 Å². The maximum Gasteiger partial charge on any atom is 0.314 e. The molecule has 22 heavy (non-hydrogen) atoms. The minimum atomic E-state index is -0.255. The van der Waals surface area contributed by atoms with E-state index in [1.165, 1.54) is 0 Å². The normalized spacial score (nSPS) is 12.8. The average Bonchev–Trinajstić information content (AvgIpc) is 2.46. The van der Waals surface area contributed by atoms with Crippen LogP contribution in [-0.4, -0.2) is 37.9 Å². The van der Waals surface area contributed by atoms with E-state index < -0.39 is 0 Å². The van der Waals surface area contributed by atoms with Crippen molar-refractivity contribution in [1.82, 2.24) is 10.6 Å². The summed E-state index contributed by atoms with van der Waals surface area (Å²) in [5.41, 5.74) is 0.774. The Hall–Kier alpha value is -1.30. The lowest BCUT2D eigenvalue weighted by atomic mass is 9.90. The molecule has 0 heterocycles. The summed E-state index contributed by atoms with van der Waals surface area (Å²) in [5.74, 6) is 0. The van der Waals surface area contributed by atoms with Crippen molar-refractivity contribution in [2.45, 2.75) is 26.4 Å². The van der Waals surface area contributed by atoms with Crippen molar-refractivity contribution in [2.75, 3.05) is 26.8 Å². The quantitative estimate of drug-likeness (QED) is 0.687. The van der Waals surface area contributed by atoms with Crippen LogP contribution < -0.4 is 10.6 Å². The van der Waals surface area contributed by atoms with Crippen molar-refractivity contribution in [3.63, 3.8) is 0 Å². The predicted molar refractivity (Wildman–Crippen MR) is 88.1 cm³/mol. The fourth-order valence-electron chi connectivity index (χ4n) is 2.00. The number of nitrogens with one attached hydrogen (secondary N) is 2. The molecular weight excluding hydrogens is 304 g/mol. The van der Waals surface area contributed by atoms with Gasteiger partial charge in [-0.2, -0.15) is 0 Å². The SMILES string of the molecule is COC(CNC(=O)NCC(C)(C)CCO)c1cccc(Cl)c1. The van der Waals surface area contributed by atoms with Gasteiger partial charge in [-0.25, -0.2) is 4.79 Å². The van der Waals surface area contributed by atoms with Crippen molar-refractivity contribution in [3.8, 4) is 0 Å². The number of aliphatic hydroxyl groups is 1. The number of benzene rings is 1. The van der Waals surface area contributed by atoms with Gasteiger partial charge in [0.2, 0.25) is 0 Å². The Morgan fingerprint density at radius 3 is 2.73 bits per heavy atom. The van der Waals surface area contributed by atoms with Gasteiger partial charge in [-0.3, -0.25) is 0 Å². The van der Waals surface area contributed by atoms with Crippen LogP contribution in [0, 0.1) is 5.41 Å². The molecule has 0 aromatic heterocycles. The third kappa shape index (κ3) is 6.64. The number of urea groups is 1. The summed E-state index contributed by atoms with van der Waals surface area (Å²) in [7, 11) is 1.59. The van der Waals surface area contributed by atoms with Crippen LogP contribution in [0.25, 0.3) is 0 Å². The Morgan fingerprint density at radius 1 is 1.41 bits per heavy atom. The Bertz CT molecular complexity index is 480. The van der Waals surface area contributed by atoms with Gasteiger partial charge in [0.25, 0.3) is 0 Å². The van der Waals surface area contributed by atoms with E-state index in [2.05, 4.69) is 10.6 Å². The van der Waals surface area contributed by atoms with Gasteiger partial charge in [0, 0.05) is 31.8 Å².